The molecule has 0 heterocycles. The van der Waals surface area contributed by atoms with Crippen LogP contribution in [0.25, 0.3) is 0 Å². The van der Waals surface area contributed by atoms with Crippen LogP contribution < -0.4 is 0 Å². The number of rotatable bonds is 0. The van der Waals surface area contributed by atoms with Crippen LogP contribution in [0.1, 0.15) is 29.8 Å². The standard InChI is InChI=1S/C10H12O4/c11-6-3-1-2-5-7(12)4-8(13)10(14)9(5)6/h1-3,7-8,10-14H,4H2/t7-,8+,10-/m1/s1. The molecule has 3 atom stereocenters. The molecular weight excluding hydrogens is 184 g/mol. The molecular formula is C10H12O4. The van der Waals surface area contributed by atoms with Crippen LogP contribution in [0.15, 0.2) is 18.2 Å². The maximum Gasteiger partial charge on any atom is 0.121 e. The molecule has 1 aromatic rings. The number of aromatic hydroxyl groups is 1. The summed E-state index contributed by atoms with van der Waals surface area (Å²) < 4.78 is 0. The van der Waals surface area contributed by atoms with Gasteiger partial charge in [-0.15, -0.1) is 0 Å². The molecule has 0 spiro atoms. The largest absolute Gasteiger partial charge is 0.508 e. The number of phenolic OH excluding ortho intramolecular Hbond substituents is 1. The van der Waals surface area contributed by atoms with Gasteiger partial charge in [-0.2, -0.15) is 0 Å². The summed E-state index contributed by atoms with van der Waals surface area (Å²) in [5.74, 6) is -0.0900. The molecule has 0 saturated heterocycles. The van der Waals surface area contributed by atoms with E-state index >= 15 is 0 Å². The van der Waals surface area contributed by atoms with Crippen molar-refractivity contribution in [3.63, 3.8) is 0 Å². The lowest BCUT2D eigenvalue weighted by Crippen LogP contribution is -2.27. The molecule has 1 aliphatic carbocycles. The van der Waals surface area contributed by atoms with Gasteiger partial charge in [-0.05, 0) is 11.6 Å². The lowest BCUT2D eigenvalue weighted by atomic mass is 9.85. The Balaban J connectivity index is 2.56. The van der Waals surface area contributed by atoms with Gasteiger partial charge in [0.15, 0.2) is 0 Å². The van der Waals surface area contributed by atoms with Crippen molar-refractivity contribution < 1.29 is 20.4 Å². The van der Waals surface area contributed by atoms with Gasteiger partial charge in [-0.25, -0.2) is 0 Å². The van der Waals surface area contributed by atoms with Gasteiger partial charge in [0.25, 0.3) is 0 Å². The van der Waals surface area contributed by atoms with Crippen LogP contribution in [0.3, 0.4) is 0 Å². The Bertz CT molecular complexity index is 350. The van der Waals surface area contributed by atoms with Crippen molar-refractivity contribution in [1.29, 1.82) is 0 Å². The average Bonchev–Trinajstić information content (AvgIpc) is 2.14. The van der Waals surface area contributed by atoms with Gasteiger partial charge in [0.05, 0.1) is 12.2 Å². The number of hydrogen-bond donors (Lipinski definition) is 4. The van der Waals surface area contributed by atoms with Crippen molar-refractivity contribution >= 4 is 0 Å². The number of benzene rings is 1. The highest BCUT2D eigenvalue weighted by atomic mass is 16.3. The topological polar surface area (TPSA) is 80.9 Å². The maximum atomic E-state index is 9.61. The van der Waals surface area contributed by atoms with Crippen LogP contribution in [0.2, 0.25) is 0 Å². The summed E-state index contributed by atoms with van der Waals surface area (Å²) in [4.78, 5) is 0. The summed E-state index contributed by atoms with van der Waals surface area (Å²) >= 11 is 0. The number of phenols is 1. The highest BCUT2D eigenvalue weighted by molar-refractivity contribution is 5.44. The molecule has 1 aliphatic rings. The van der Waals surface area contributed by atoms with E-state index in [1.54, 1.807) is 12.1 Å². The molecule has 0 aromatic heterocycles. The first kappa shape index (κ1) is 9.45. The fourth-order valence-corrected chi connectivity index (χ4v) is 1.86. The summed E-state index contributed by atoms with van der Waals surface area (Å²) in [6, 6.07) is 4.66. The van der Waals surface area contributed by atoms with Crippen LogP contribution in [0.5, 0.6) is 5.75 Å². The molecule has 4 heteroatoms. The quantitative estimate of drug-likeness (QED) is 0.478. The molecule has 2 rings (SSSR count). The van der Waals surface area contributed by atoms with Crippen molar-refractivity contribution in [1.82, 2.24) is 0 Å². The van der Waals surface area contributed by atoms with E-state index in [0.717, 1.165) is 0 Å². The first-order valence-corrected chi connectivity index (χ1v) is 4.47. The van der Waals surface area contributed by atoms with E-state index in [1.807, 2.05) is 0 Å². The zero-order valence-electron chi connectivity index (χ0n) is 7.46. The minimum atomic E-state index is -1.12. The molecule has 0 saturated carbocycles. The monoisotopic (exact) mass is 196 g/mol. The Kier molecular flexibility index (Phi) is 2.19. The minimum absolute atomic E-state index is 0.0900. The van der Waals surface area contributed by atoms with Crippen LogP contribution in [0, 0.1) is 0 Å². The van der Waals surface area contributed by atoms with Crippen molar-refractivity contribution in [3.8, 4) is 5.75 Å². The highest BCUT2D eigenvalue weighted by Gasteiger charge is 2.33. The Labute approximate surface area is 81.1 Å². The van der Waals surface area contributed by atoms with Gasteiger partial charge in [0, 0.05) is 12.0 Å². The molecule has 0 unspecified atom stereocenters. The normalized spacial score (nSPS) is 31.2. The second-order valence-corrected chi connectivity index (χ2v) is 3.54. The zero-order chi connectivity index (χ0) is 10.3. The number of hydrogen-bond acceptors (Lipinski definition) is 4. The second kappa shape index (κ2) is 3.24. The molecule has 14 heavy (non-hydrogen) atoms. The fourth-order valence-electron chi connectivity index (χ4n) is 1.86. The maximum absolute atomic E-state index is 9.61. The predicted octanol–water partition coefficient (Wildman–Crippen LogP) is 0.224. The van der Waals surface area contributed by atoms with Gasteiger partial charge in [0.1, 0.15) is 11.9 Å². The van der Waals surface area contributed by atoms with Crippen molar-refractivity contribution in [2.75, 3.05) is 0 Å². The van der Waals surface area contributed by atoms with Crippen LogP contribution in [0.4, 0.5) is 0 Å². The molecule has 1 aromatic carbocycles. The molecule has 0 aliphatic heterocycles. The zero-order valence-corrected chi connectivity index (χ0v) is 7.46. The predicted molar refractivity (Wildman–Crippen MR) is 48.7 cm³/mol. The van der Waals surface area contributed by atoms with Gasteiger partial charge in [-0.3, -0.25) is 0 Å². The fraction of sp³-hybridized carbons (Fsp3) is 0.400. The van der Waals surface area contributed by atoms with Crippen LogP contribution in [-0.4, -0.2) is 26.5 Å². The lowest BCUT2D eigenvalue weighted by molar-refractivity contribution is -0.0299. The Morgan fingerprint density at radius 3 is 2.57 bits per heavy atom. The van der Waals surface area contributed by atoms with Crippen molar-refractivity contribution in [3.05, 3.63) is 29.3 Å². The van der Waals surface area contributed by atoms with Gasteiger partial charge in [-0.1, -0.05) is 12.1 Å². The van der Waals surface area contributed by atoms with E-state index in [9.17, 15) is 20.4 Å². The average molecular weight is 196 g/mol. The highest BCUT2D eigenvalue weighted by Crippen LogP contribution is 2.40. The molecule has 4 N–H and O–H groups in total. The van der Waals surface area contributed by atoms with Crippen LogP contribution in [-0.2, 0) is 0 Å². The summed E-state index contributed by atoms with van der Waals surface area (Å²) in [5, 5.41) is 38.1. The SMILES string of the molecule is Oc1cccc2c1[C@H](O)[C@@H](O)C[C@H]2O. The Morgan fingerprint density at radius 2 is 1.86 bits per heavy atom. The van der Waals surface area contributed by atoms with E-state index in [-0.39, 0.29) is 17.7 Å². The number of aliphatic hydroxyl groups excluding tert-OH is 3. The summed E-state index contributed by atoms with van der Waals surface area (Å²) in [7, 11) is 0. The number of aliphatic hydroxyl groups is 3. The molecule has 0 radical (unpaired) electrons. The minimum Gasteiger partial charge on any atom is -0.508 e. The first-order valence-electron chi connectivity index (χ1n) is 4.47. The Hall–Kier alpha value is -1.10. The van der Waals surface area contributed by atoms with E-state index in [2.05, 4.69) is 0 Å². The molecule has 0 bridgehead atoms. The van der Waals surface area contributed by atoms with E-state index in [1.165, 1.54) is 6.07 Å². The smallest absolute Gasteiger partial charge is 0.121 e. The Morgan fingerprint density at radius 1 is 1.14 bits per heavy atom. The molecule has 0 fully saturated rings. The first-order chi connectivity index (χ1) is 6.61. The molecule has 0 amide bonds. The summed E-state index contributed by atoms with van der Waals surface area (Å²) in [5.41, 5.74) is 0.724. The third-order valence-corrected chi connectivity index (χ3v) is 2.60. The molecule has 76 valence electrons. The summed E-state index contributed by atoms with van der Waals surface area (Å²) in [6.07, 6.45) is -2.87. The van der Waals surface area contributed by atoms with Gasteiger partial charge in [0.2, 0.25) is 0 Å². The third kappa shape index (κ3) is 1.28. The second-order valence-electron chi connectivity index (χ2n) is 3.54. The third-order valence-electron chi connectivity index (χ3n) is 2.60. The summed E-state index contributed by atoms with van der Waals surface area (Å²) in [6.45, 7) is 0. The van der Waals surface area contributed by atoms with Crippen molar-refractivity contribution in [2.45, 2.75) is 24.7 Å². The van der Waals surface area contributed by atoms with Gasteiger partial charge >= 0.3 is 0 Å². The van der Waals surface area contributed by atoms with Crippen LogP contribution >= 0.6 is 0 Å². The van der Waals surface area contributed by atoms with E-state index in [4.69, 9.17) is 0 Å². The van der Waals surface area contributed by atoms with Crippen molar-refractivity contribution in [2.24, 2.45) is 0 Å². The molecule has 4 nitrogen and oxygen atoms in total. The van der Waals surface area contributed by atoms with E-state index in [0.29, 0.717) is 5.56 Å². The number of fused-ring (bicyclic) bond motifs is 1. The lowest BCUT2D eigenvalue weighted by Gasteiger charge is -2.30. The van der Waals surface area contributed by atoms with Gasteiger partial charge < -0.3 is 20.4 Å². The van der Waals surface area contributed by atoms with E-state index < -0.39 is 18.3 Å².